The van der Waals surface area contributed by atoms with Crippen molar-refractivity contribution in [3.63, 3.8) is 0 Å². The number of methoxy groups -OCH3 is 1. The summed E-state index contributed by atoms with van der Waals surface area (Å²) in [5.74, 6) is 0.936. The fourth-order valence-electron chi connectivity index (χ4n) is 4.68. The number of aryl methyl sites for hydroxylation is 1. The predicted molar refractivity (Wildman–Crippen MR) is 191 cm³/mol. The molecule has 1 amide bonds. The van der Waals surface area contributed by atoms with Crippen LogP contribution in [0.5, 0.6) is 11.5 Å². The van der Waals surface area contributed by atoms with E-state index in [1.165, 1.54) is 27.7 Å². The van der Waals surface area contributed by atoms with E-state index in [4.69, 9.17) is 9.47 Å². The SMILES string of the molecule is COc1cc(/C=N\NC(=O)c2ccc(-c3csc(Nc4ccc(C)cc4)n3)cc2)cc(I)c1OCc1ccc2ccccc2c1. The van der Waals surface area contributed by atoms with Gasteiger partial charge >= 0.3 is 0 Å². The van der Waals surface area contributed by atoms with Crippen molar-refractivity contribution in [1.29, 1.82) is 0 Å². The van der Waals surface area contributed by atoms with Crippen LogP contribution in [0.1, 0.15) is 27.0 Å². The van der Waals surface area contributed by atoms with Gasteiger partial charge in [0.05, 0.1) is 22.6 Å². The summed E-state index contributed by atoms with van der Waals surface area (Å²) in [4.78, 5) is 17.4. The first kappa shape index (κ1) is 30.3. The second-order valence-electron chi connectivity index (χ2n) is 10.3. The Morgan fingerprint density at radius 3 is 2.51 bits per heavy atom. The highest BCUT2D eigenvalue weighted by atomic mass is 127. The molecule has 7 nitrogen and oxygen atoms in total. The van der Waals surface area contributed by atoms with Crippen molar-refractivity contribution >= 4 is 67.6 Å². The van der Waals surface area contributed by atoms with E-state index >= 15 is 0 Å². The Morgan fingerprint density at radius 2 is 1.73 bits per heavy atom. The number of aromatic nitrogens is 1. The number of carbonyl (C=O) groups excluding carboxylic acids is 1. The van der Waals surface area contributed by atoms with Gasteiger partial charge in [0, 0.05) is 22.2 Å². The van der Waals surface area contributed by atoms with Crippen molar-refractivity contribution in [3.05, 3.63) is 134 Å². The maximum Gasteiger partial charge on any atom is 0.271 e. The summed E-state index contributed by atoms with van der Waals surface area (Å²) in [6.07, 6.45) is 1.59. The van der Waals surface area contributed by atoms with Gasteiger partial charge in [0.25, 0.3) is 5.91 Å². The molecule has 0 aliphatic carbocycles. The maximum atomic E-state index is 12.8. The van der Waals surface area contributed by atoms with E-state index in [1.807, 2.05) is 53.9 Å². The monoisotopic (exact) mass is 724 g/mol. The summed E-state index contributed by atoms with van der Waals surface area (Å²) in [7, 11) is 1.60. The van der Waals surface area contributed by atoms with Gasteiger partial charge in [-0.05, 0) is 93.9 Å². The number of fused-ring (bicyclic) bond motifs is 1. The fourth-order valence-corrected chi connectivity index (χ4v) is 6.21. The molecule has 0 bridgehead atoms. The largest absolute Gasteiger partial charge is 0.493 e. The van der Waals surface area contributed by atoms with Crippen molar-refractivity contribution in [2.45, 2.75) is 13.5 Å². The average Bonchev–Trinajstić information content (AvgIpc) is 3.53. The minimum Gasteiger partial charge on any atom is -0.493 e. The Balaban J connectivity index is 1.06. The smallest absolute Gasteiger partial charge is 0.271 e. The molecule has 1 heterocycles. The minimum absolute atomic E-state index is 0.310. The number of halogens is 1. The van der Waals surface area contributed by atoms with Crippen molar-refractivity contribution < 1.29 is 14.3 Å². The second kappa shape index (κ2) is 13.9. The van der Waals surface area contributed by atoms with E-state index in [0.717, 1.165) is 36.8 Å². The van der Waals surface area contributed by atoms with Crippen molar-refractivity contribution in [2.75, 3.05) is 12.4 Å². The molecular weight excluding hydrogens is 695 g/mol. The summed E-state index contributed by atoms with van der Waals surface area (Å²) in [6.45, 7) is 2.47. The molecule has 9 heteroatoms. The van der Waals surface area contributed by atoms with Gasteiger partial charge in [-0.1, -0.05) is 66.2 Å². The first-order valence-electron chi connectivity index (χ1n) is 14.2. The molecule has 0 aliphatic rings. The maximum absolute atomic E-state index is 12.8. The number of nitrogens with zero attached hydrogens (tertiary/aromatic N) is 2. The molecule has 45 heavy (non-hydrogen) atoms. The molecule has 0 spiro atoms. The van der Waals surface area contributed by atoms with Gasteiger partial charge in [-0.25, -0.2) is 10.4 Å². The van der Waals surface area contributed by atoms with Gasteiger partial charge in [0.1, 0.15) is 6.61 Å². The summed E-state index contributed by atoms with van der Waals surface area (Å²) < 4.78 is 12.7. The third-order valence-electron chi connectivity index (χ3n) is 7.08. The Kier molecular flexibility index (Phi) is 9.37. The third kappa shape index (κ3) is 7.50. The highest BCUT2D eigenvalue weighted by Gasteiger charge is 2.13. The molecule has 0 fully saturated rings. The molecule has 6 aromatic rings. The van der Waals surface area contributed by atoms with E-state index < -0.39 is 0 Å². The Labute approximate surface area is 279 Å². The number of benzene rings is 5. The summed E-state index contributed by atoms with van der Waals surface area (Å²) >= 11 is 3.75. The first-order valence-corrected chi connectivity index (χ1v) is 16.1. The number of carbonyl (C=O) groups is 1. The van der Waals surface area contributed by atoms with Crippen molar-refractivity contribution in [3.8, 4) is 22.8 Å². The van der Waals surface area contributed by atoms with Crippen LogP contribution in [-0.2, 0) is 6.61 Å². The standard InChI is InChI=1S/C36H29IN4O3S/c1-23-7-15-30(16-8-23)39-36-40-32(22-45-36)27-11-13-28(14-12-27)35(42)41-38-20-25-18-31(37)34(33(19-25)43-2)44-21-24-9-10-26-5-3-4-6-29(26)17-24/h3-20,22H,21H2,1-2H3,(H,39,40)(H,41,42)/b38-20-. The number of nitrogens with one attached hydrogen (secondary N) is 2. The number of hydrogen-bond donors (Lipinski definition) is 2. The average molecular weight is 725 g/mol. The first-order chi connectivity index (χ1) is 21.9. The molecule has 5 aromatic carbocycles. The summed E-state index contributed by atoms with van der Waals surface area (Å²) in [5.41, 5.74) is 8.90. The van der Waals surface area contributed by atoms with Gasteiger partial charge in [0.15, 0.2) is 16.6 Å². The zero-order chi connectivity index (χ0) is 31.2. The Hall–Kier alpha value is -4.74. The zero-order valence-corrected chi connectivity index (χ0v) is 27.6. The molecule has 1 aromatic heterocycles. The number of amides is 1. The lowest BCUT2D eigenvalue weighted by Gasteiger charge is -2.14. The zero-order valence-electron chi connectivity index (χ0n) is 24.6. The third-order valence-corrected chi connectivity index (χ3v) is 8.64. The van der Waals surface area contributed by atoms with Gasteiger partial charge in [-0.15, -0.1) is 11.3 Å². The highest BCUT2D eigenvalue weighted by molar-refractivity contribution is 14.1. The fraction of sp³-hybridized carbons (Fsp3) is 0.0833. The normalized spacial score (nSPS) is 11.1. The van der Waals surface area contributed by atoms with Gasteiger partial charge in [0.2, 0.25) is 0 Å². The van der Waals surface area contributed by atoms with Gasteiger partial charge in [-0.3, -0.25) is 4.79 Å². The van der Waals surface area contributed by atoms with Crippen LogP contribution in [0.2, 0.25) is 0 Å². The van der Waals surface area contributed by atoms with E-state index in [2.05, 4.69) is 92.8 Å². The van der Waals surface area contributed by atoms with Crippen LogP contribution >= 0.6 is 33.9 Å². The summed E-state index contributed by atoms with van der Waals surface area (Å²) in [6, 6.07) is 33.8. The van der Waals surface area contributed by atoms with E-state index in [9.17, 15) is 4.79 Å². The van der Waals surface area contributed by atoms with Crippen LogP contribution in [-0.4, -0.2) is 24.2 Å². The number of thiazole rings is 1. The quantitative estimate of drug-likeness (QED) is 0.0838. The van der Waals surface area contributed by atoms with Crippen molar-refractivity contribution in [1.82, 2.24) is 10.4 Å². The Morgan fingerprint density at radius 1 is 0.956 bits per heavy atom. The molecular formula is C36H29IN4O3S. The molecule has 0 saturated carbocycles. The Bertz CT molecular complexity index is 1990. The van der Waals surface area contributed by atoms with E-state index in [0.29, 0.717) is 23.7 Å². The van der Waals surface area contributed by atoms with E-state index in [1.54, 1.807) is 25.5 Å². The van der Waals surface area contributed by atoms with E-state index in [-0.39, 0.29) is 5.91 Å². The number of anilines is 2. The van der Waals surface area contributed by atoms with Crippen LogP contribution in [0.25, 0.3) is 22.0 Å². The molecule has 0 saturated heterocycles. The second-order valence-corrected chi connectivity index (χ2v) is 12.3. The molecule has 6 rings (SSSR count). The lowest BCUT2D eigenvalue weighted by Crippen LogP contribution is -2.17. The molecule has 0 aliphatic heterocycles. The lowest BCUT2D eigenvalue weighted by molar-refractivity contribution is 0.0955. The molecule has 0 radical (unpaired) electrons. The topological polar surface area (TPSA) is 84.8 Å². The lowest BCUT2D eigenvalue weighted by atomic mass is 10.1. The molecule has 224 valence electrons. The minimum atomic E-state index is -0.310. The number of ether oxygens (including phenoxy) is 2. The predicted octanol–water partition coefficient (Wildman–Crippen LogP) is 8.97. The van der Waals surface area contributed by atoms with Crippen molar-refractivity contribution in [2.24, 2.45) is 5.10 Å². The molecule has 0 unspecified atom stereocenters. The van der Waals surface area contributed by atoms with Crippen LogP contribution in [0.15, 0.2) is 114 Å². The summed E-state index contributed by atoms with van der Waals surface area (Å²) in [5, 5.41) is 12.7. The number of rotatable bonds is 10. The van der Waals surface area contributed by atoms with Crippen LogP contribution in [0, 0.1) is 10.5 Å². The van der Waals surface area contributed by atoms with Gasteiger partial charge < -0.3 is 14.8 Å². The molecule has 0 atom stereocenters. The van der Waals surface area contributed by atoms with Gasteiger partial charge in [-0.2, -0.15) is 5.10 Å². The number of hydrogen-bond acceptors (Lipinski definition) is 7. The highest BCUT2D eigenvalue weighted by Crippen LogP contribution is 2.34. The van der Waals surface area contributed by atoms with Crippen LogP contribution < -0.4 is 20.2 Å². The van der Waals surface area contributed by atoms with Crippen LogP contribution in [0.4, 0.5) is 10.8 Å². The molecule has 2 N–H and O–H groups in total. The number of hydrazone groups is 1. The van der Waals surface area contributed by atoms with Crippen LogP contribution in [0.3, 0.4) is 0 Å².